The molecule has 0 unspecified atom stereocenters. The summed E-state index contributed by atoms with van der Waals surface area (Å²) in [6, 6.07) is 5.45. The second kappa shape index (κ2) is 6.60. The number of thiophene rings is 1. The normalized spacial score (nSPS) is 10.3. The van der Waals surface area contributed by atoms with Crippen LogP contribution in [0, 0.1) is 0 Å². The van der Waals surface area contributed by atoms with Crippen LogP contribution in [-0.4, -0.2) is 13.1 Å². The largest absolute Gasteiger partial charge is 0.465 e. The first-order valence-corrected chi connectivity index (χ1v) is 8.12. The summed E-state index contributed by atoms with van der Waals surface area (Å²) in [5, 5.41) is 5.16. The SMILES string of the molecule is COC(=O)c1cc(Br)cc(Br)c1NCc1sccc1N. The van der Waals surface area contributed by atoms with Crippen LogP contribution in [0.4, 0.5) is 11.4 Å². The number of rotatable bonds is 4. The Morgan fingerprint density at radius 3 is 2.80 bits per heavy atom. The van der Waals surface area contributed by atoms with Crippen LogP contribution in [0.3, 0.4) is 0 Å². The first-order valence-electron chi connectivity index (χ1n) is 5.66. The molecule has 0 saturated carbocycles. The minimum atomic E-state index is -0.395. The van der Waals surface area contributed by atoms with Crippen molar-refractivity contribution >= 4 is 60.5 Å². The number of esters is 1. The molecular weight excluding hydrogens is 408 g/mol. The predicted molar refractivity (Wildman–Crippen MR) is 89.2 cm³/mol. The summed E-state index contributed by atoms with van der Waals surface area (Å²) >= 11 is 8.38. The van der Waals surface area contributed by atoms with Gasteiger partial charge in [0.25, 0.3) is 0 Å². The highest BCUT2D eigenvalue weighted by atomic mass is 79.9. The number of benzene rings is 1. The monoisotopic (exact) mass is 418 g/mol. The second-order valence-electron chi connectivity index (χ2n) is 3.95. The van der Waals surface area contributed by atoms with Gasteiger partial charge in [-0.2, -0.15) is 0 Å². The number of hydrogen-bond donors (Lipinski definition) is 2. The first kappa shape index (κ1) is 15.3. The molecule has 20 heavy (non-hydrogen) atoms. The molecule has 0 amide bonds. The fourth-order valence-electron chi connectivity index (χ4n) is 1.69. The molecular formula is C13H12Br2N2O2S. The molecule has 0 spiro atoms. The van der Waals surface area contributed by atoms with E-state index in [0.717, 1.165) is 19.5 Å². The van der Waals surface area contributed by atoms with Crippen molar-refractivity contribution in [1.82, 2.24) is 0 Å². The zero-order valence-electron chi connectivity index (χ0n) is 10.6. The zero-order chi connectivity index (χ0) is 14.7. The number of ether oxygens (including phenoxy) is 1. The van der Waals surface area contributed by atoms with E-state index in [1.54, 1.807) is 17.4 Å². The lowest BCUT2D eigenvalue weighted by Gasteiger charge is -2.13. The summed E-state index contributed by atoms with van der Waals surface area (Å²) in [6.07, 6.45) is 0. The highest BCUT2D eigenvalue weighted by Gasteiger charge is 2.16. The molecule has 1 heterocycles. The number of carbonyl (C=O) groups excluding carboxylic acids is 1. The smallest absolute Gasteiger partial charge is 0.340 e. The summed E-state index contributed by atoms with van der Waals surface area (Å²) in [4.78, 5) is 12.9. The van der Waals surface area contributed by atoms with Crippen molar-refractivity contribution in [2.24, 2.45) is 0 Å². The van der Waals surface area contributed by atoms with Gasteiger partial charge in [0.2, 0.25) is 0 Å². The summed E-state index contributed by atoms with van der Waals surface area (Å²) in [5.74, 6) is -0.395. The van der Waals surface area contributed by atoms with E-state index in [4.69, 9.17) is 10.5 Å². The van der Waals surface area contributed by atoms with Gasteiger partial charge in [0.1, 0.15) is 0 Å². The third-order valence-corrected chi connectivity index (χ3v) is 4.69. The van der Waals surface area contributed by atoms with Gasteiger partial charge in [-0.25, -0.2) is 4.79 Å². The number of halogens is 2. The molecule has 0 aliphatic rings. The minimum Gasteiger partial charge on any atom is -0.465 e. The van der Waals surface area contributed by atoms with Crippen LogP contribution in [0.25, 0.3) is 0 Å². The third-order valence-electron chi connectivity index (χ3n) is 2.67. The standard InChI is InChI=1S/C13H12Br2N2O2S/c1-19-13(18)8-4-7(14)5-9(15)12(8)17-6-11-10(16)2-3-20-11/h2-5,17H,6,16H2,1H3. The van der Waals surface area contributed by atoms with Crippen molar-refractivity contribution < 1.29 is 9.53 Å². The minimum absolute atomic E-state index is 0.395. The Morgan fingerprint density at radius 1 is 1.45 bits per heavy atom. The summed E-state index contributed by atoms with van der Waals surface area (Å²) in [7, 11) is 1.36. The summed E-state index contributed by atoms with van der Waals surface area (Å²) in [5.41, 5.74) is 7.75. The van der Waals surface area contributed by atoms with Crippen LogP contribution < -0.4 is 11.1 Å². The predicted octanol–water partition coefficient (Wildman–Crippen LogP) is 4.25. The van der Waals surface area contributed by atoms with Crippen LogP contribution in [-0.2, 0) is 11.3 Å². The molecule has 0 aliphatic heterocycles. The van der Waals surface area contributed by atoms with Crippen LogP contribution in [0.15, 0.2) is 32.5 Å². The van der Waals surface area contributed by atoms with E-state index in [0.29, 0.717) is 17.8 Å². The lowest BCUT2D eigenvalue weighted by Crippen LogP contribution is -2.09. The molecule has 1 aromatic heterocycles. The van der Waals surface area contributed by atoms with Crippen molar-refractivity contribution in [2.75, 3.05) is 18.2 Å². The molecule has 0 fully saturated rings. The highest BCUT2D eigenvalue weighted by molar-refractivity contribution is 9.11. The molecule has 0 saturated heterocycles. The first-order chi connectivity index (χ1) is 9.52. The van der Waals surface area contributed by atoms with E-state index >= 15 is 0 Å². The number of carbonyl (C=O) groups is 1. The van der Waals surface area contributed by atoms with Crippen molar-refractivity contribution in [2.45, 2.75) is 6.54 Å². The van der Waals surface area contributed by atoms with E-state index in [9.17, 15) is 4.79 Å². The van der Waals surface area contributed by atoms with E-state index in [-0.39, 0.29) is 0 Å². The van der Waals surface area contributed by atoms with Gasteiger partial charge in [0, 0.05) is 19.5 Å². The Bertz CT molecular complexity index is 643. The molecule has 3 N–H and O–H groups in total. The Hall–Kier alpha value is -1.05. The van der Waals surface area contributed by atoms with Crippen molar-refractivity contribution in [3.05, 3.63) is 43.0 Å². The van der Waals surface area contributed by atoms with Gasteiger partial charge in [0.05, 0.1) is 24.9 Å². The van der Waals surface area contributed by atoms with Gasteiger partial charge in [-0.15, -0.1) is 11.3 Å². The number of hydrogen-bond acceptors (Lipinski definition) is 5. The summed E-state index contributed by atoms with van der Waals surface area (Å²) < 4.78 is 6.38. The van der Waals surface area contributed by atoms with Gasteiger partial charge in [-0.05, 0) is 39.5 Å². The van der Waals surface area contributed by atoms with Crippen molar-refractivity contribution in [1.29, 1.82) is 0 Å². The van der Waals surface area contributed by atoms with Gasteiger partial charge < -0.3 is 15.8 Å². The molecule has 2 aromatic rings. The Kier molecular flexibility index (Phi) is 5.06. The summed E-state index contributed by atoms with van der Waals surface area (Å²) in [6.45, 7) is 0.549. The van der Waals surface area contributed by atoms with Gasteiger partial charge in [-0.3, -0.25) is 0 Å². The van der Waals surface area contributed by atoms with E-state index < -0.39 is 5.97 Å². The molecule has 2 rings (SSSR count). The van der Waals surface area contributed by atoms with Gasteiger partial charge in [-0.1, -0.05) is 15.9 Å². The maximum atomic E-state index is 11.8. The third kappa shape index (κ3) is 3.34. The fourth-order valence-corrected chi connectivity index (χ4v) is 3.79. The topological polar surface area (TPSA) is 64.3 Å². The number of nitrogen functional groups attached to an aromatic ring is 1. The van der Waals surface area contributed by atoms with E-state index in [1.165, 1.54) is 7.11 Å². The fraction of sp³-hybridized carbons (Fsp3) is 0.154. The van der Waals surface area contributed by atoms with Gasteiger partial charge >= 0.3 is 5.97 Å². The average Bonchev–Trinajstić information content (AvgIpc) is 2.81. The Balaban J connectivity index is 2.30. The van der Waals surface area contributed by atoms with Crippen molar-refractivity contribution in [3.8, 4) is 0 Å². The maximum absolute atomic E-state index is 11.8. The van der Waals surface area contributed by atoms with Crippen LogP contribution >= 0.6 is 43.2 Å². The van der Waals surface area contributed by atoms with Crippen LogP contribution in [0.1, 0.15) is 15.2 Å². The number of nitrogens with two attached hydrogens (primary N) is 1. The molecule has 4 nitrogen and oxygen atoms in total. The Labute approximate surface area is 137 Å². The van der Waals surface area contributed by atoms with Crippen LogP contribution in [0.5, 0.6) is 0 Å². The Morgan fingerprint density at radius 2 is 2.20 bits per heavy atom. The zero-order valence-corrected chi connectivity index (χ0v) is 14.6. The number of anilines is 2. The number of methoxy groups -OCH3 is 1. The van der Waals surface area contributed by atoms with E-state index in [2.05, 4.69) is 37.2 Å². The molecule has 0 radical (unpaired) electrons. The molecule has 7 heteroatoms. The second-order valence-corrected chi connectivity index (χ2v) is 6.73. The number of nitrogens with one attached hydrogen (secondary N) is 1. The lowest BCUT2D eigenvalue weighted by atomic mass is 10.1. The molecule has 0 bridgehead atoms. The van der Waals surface area contributed by atoms with Crippen molar-refractivity contribution in [3.63, 3.8) is 0 Å². The average molecular weight is 420 g/mol. The van der Waals surface area contributed by atoms with E-state index in [1.807, 2.05) is 17.5 Å². The van der Waals surface area contributed by atoms with Gasteiger partial charge in [0.15, 0.2) is 0 Å². The molecule has 0 aliphatic carbocycles. The lowest BCUT2D eigenvalue weighted by molar-refractivity contribution is 0.0601. The molecule has 0 atom stereocenters. The van der Waals surface area contributed by atoms with Crippen LogP contribution in [0.2, 0.25) is 0 Å². The quantitative estimate of drug-likeness (QED) is 0.727. The highest BCUT2D eigenvalue weighted by Crippen LogP contribution is 2.32. The maximum Gasteiger partial charge on any atom is 0.340 e. The molecule has 106 valence electrons. The molecule has 1 aromatic carbocycles.